The van der Waals surface area contributed by atoms with E-state index >= 15 is 0 Å². The summed E-state index contributed by atoms with van der Waals surface area (Å²) in [6.07, 6.45) is 4.71. The van der Waals surface area contributed by atoms with Crippen molar-refractivity contribution in [2.45, 2.75) is 12.5 Å². The summed E-state index contributed by atoms with van der Waals surface area (Å²) >= 11 is 11.9. The van der Waals surface area contributed by atoms with E-state index in [1.165, 1.54) is 0 Å². The van der Waals surface area contributed by atoms with E-state index in [1.807, 2.05) is 6.07 Å². The molecule has 2 aromatic rings. The first-order valence-corrected chi connectivity index (χ1v) is 7.23. The van der Waals surface area contributed by atoms with Crippen molar-refractivity contribution in [2.75, 3.05) is 18.4 Å². The summed E-state index contributed by atoms with van der Waals surface area (Å²) < 4.78 is 0. The number of hydrogen-bond donors (Lipinski definition) is 2. The van der Waals surface area contributed by atoms with Crippen LogP contribution in [0.15, 0.2) is 30.6 Å². The molecule has 0 bridgehead atoms. The SMILES string of the molecule is Clc1ccc(-c2ncc(NC3CCNC3)cn2)cc1Cl. The van der Waals surface area contributed by atoms with Gasteiger partial charge in [0.1, 0.15) is 0 Å². The predicted octanol–water partition coefficient (Wildman–Crippen LogP) is 3.22. The molecular formula is C14H14Cl2N4. The number of hydrogen-bond acceptors (Lipinski definition) is 4. The fourth-order valence-corrected chi connectivity index (χ4v) is 2.50. The fourth-order valence-electron chi connectivity index (χ4n) is 2.20. The van der Waals surface area contributed by atoms with Crippen molar-refractivity contribution in [1.29, 1.82) is 0 Å². The quantitative estimate of drug-likeness (QED) is 0.914. The number of nitrogens with zero attached hydrogens (tertiary/aromatic N) is 2. The minimum atomic E-state index is 0.453. The van der Waals surface area contributed by atoms with E-state index in [4.69, 9.17) is 23.2 Å². The normalized spacial score (nSPS) is 18.2. The molecule has 1 aromatic heterocycles. The van der Waals surface area contributed by atoms with E-state index in [9.17, 15) is 0 Å². The van der Waals surface area contributed by atoms with Crippen LogP contribution in [-0.4, -0.2) is 29.1 Å². The zero-order chi connectivity index (χ0) is 13.9. The number of aromatic nitrogens is 2. The molecule has 0 radical (unpaired) electrons. The maximum Gasteiger partial charge on any atom is 0.159 e. The second-order valence-electron chi connectivity index (χ2n) is 4.76. The highest BCUT2D eigenvalue weighted by Gasteiger charge is 2.14. The number of nitrogens with one attached hydrogen (secondary N) is 2. The Bertz CT molecular complexity index is 595. The van der Waals surface area contributed by atoms with Crippen molar-refractivity contribution in [3.05, 3.63) is 40.6 Å². The molecule has 1 unspecified atom stereocenters. The summed E-state index contributed by atoms with van der Waals surface area (Å²) in [5.74, 6) is 0.638. The van der Waals surface area contributed by atoms with Gasteiger partial charge in [-0.05, 0) is 31.2 Å². The Balaban J connectivity index is 1.76. The standard InChI is InChI=1S/C14H14Cl2N4/c15-12-2-1-9(5-13(12)16)14-18-7-11(8-19-14)20-10-3-4-17-6-10/h1-2,5,7-8,10,17,20H,3-4,6H2. The van der Waals surface area contributed by atoms with Crippen LogP contribution in [0.3, 0.4) is 0 Å². The molecule has 1 aliphatic rings. The first-order chi connectivity index (χ1) is 9.72. The van der Waals surface area contributed by atoms with Crippen LogP contribution < -0.4 is 10.6 Å². The average Bonchev–Trinajstić information content (AvgIpc) is 2.96. The number of rotatable bonds is 3. The fraction of sp³-hybridized carbons (Fsp3) is 0.286. The Morgan fingerprint density at radius 1 is 1.15 bits per heavy atom. The van der Waals surface area contributed by atoms with Crippen LogP contribution in [0, 0.1) is 0 Å². The van der Waals surface area contributed by atoms with Crippen molar-refractivity contribution >= 4 is 28.9 Å². The topological polar surface area (TPSA) is 49.8 Å². The third-order valence-corrected chi connectivity index (χ3v) is 4.00. The van der Waals surface area contributed by atoms with Crippen molar-refractivity contribution in [2.24, 2.45) is 0 Å². The van der Waals surface area contributed by atoms with Gasteiger partial charge in [0.15, 0.2) is 5.82 Å². The van der Waals surface area contributed by atoms with Crippen molar-refractivity contribution in [3.8, 4) is 11.4 Å². The van der Waals surface area contributed by atoms with E-state index in [0.717, 1.165) is 30.8 Å². The lowest BCUT2D eigenvalue weighted by Crippen LogP contribution is -2.22. The predicted molar refractivity (Wildman–Crippen MR) is 82.4 cm³/mol. The van der Waals surface area contributed by atoms with Gasteiger partial charge in [-0.15, -0.1) is 0 Å². The molecule has 0 saturated carbocycles. The largest absolute Gasteiger partial charge is 0.378 e. The molecule has 6 heteroatoms. The minimum Gasteiger partial charge on any atom is -0.378 e. The van der Waals surface area contributed by atoms with Gasteiger partial charge in [0.2, 0.25) is 0 Å². The number of halogens is 2. The van der Waals surface area contributed by atoms with Crippen LogP contribution in [0.4, 0.5) is 5.69 Å². The molecule has 104 valence electrons. The van der Waals surface area contributed by atoms with Crippen molar-refractivity contribution in [3.63, 3.8) is 0 Å². The van der Waals surface area contributed by atoms with Gasteiger partial charge >= 0.3 is 0 Å². The number of benzene rings is 1. The summed E-state index contributed by atoms with van der Waals surface area (Å²) in [6.45, 7) is 2.04. The van der Waals surface area contributed by atoms with E-state index in [1.54, 1.807) is 24.5 Å². The molecular weight excluding hydrogens is 295 g/mol. The molecule has 4 nitrogen and oxygen atoms in total. The molecule has 3 rings (SSSR count). The Morgan fingerprint density at radius 3 is 2.60 bits per heavy atom. The highest BCUT2D eigenvalue weighted by Crippen LogP contribution is 2.26. The zero-order valence-electron chi connectivity index (χ0n) is 10.7. The molecule has 2 heterocycles. The lowest BCUT2D eigenvalue weighted by molar-refractivity contribution is 0.791. The third kappa shape index (κ3) is 3.03. The van der Waals surface area contributed by atoms with Gasteiger partial charge < -0.3 is 10.6 Å². The zero-order valence-corrected chi connectivity index (χ0v) is 12.2. The Hall–Kier alpha value is -1.36. The lowest BCUT2D eigenvalue weighted by Gasteiger charge is -2.12. The lowest BCUT2D eigenvalue weighted by atomic mass is 10.2. The average molecular weight is 309 g/mol. The summed E-state index contributed by atoms with van der Waals surface area (Å²) in [6, 6.07) is 5.83. The van der Waals surface area contributed by atoms with Gasteiger partial charge in [0.05, 0.1) is 28.1 Å². The maximum absolute atomic E-state index is 6.00. The van der Waals surface area contributed by atoms with Gasteiger partial charge in [-0.2, -0.15) is 0 Å². The Labute approximate surface area is 127 Å². The second-order valence-corrected chi connectivity index (χ2v) is 5.57. The first-order valence-electron chi connectivity index (χ1n) is 6.47. The van der Waals surface area contributed by atoms with Gasteiger partial charge in [-0.1, -0.05) is 23.2 Å². The molecule has 1 atom stereocenters. The smallest absolute Gasteiger partial charge is 0.159 e. The van der Waals surface area contributed by atoms with Gasteiger partial charge in [-0.25, -0.2) is 9.97 Å². The van der Waals surface area contributed by atoms with E-state index in [-0.39, 0.29) is 0 Å². The molecule has 1 saturated heterocycles. The van der Waals surface area contributed by atoms with Crippen molar-refractivity contribution < 1.29 is 0 Å². The monoisotopic (exact) mass is 308 g/mol. The third-order valence-electron chi connectivity index (χ3n) is 3.26. The molecule has 0 amide bonds. The molecule has 1 fully saturated rings. The molecule has 1 aliphatic heterocycles. The molecule has 0 spiro atoms. The van der Waals surface area contributed by atoms with Gasteiger partial charge in [-0.3, -0.25) is 0 Å². The highest BCUT2D eigenvalue weighted by atomic mass is 35.5. The van der Waals surface area contributed by atoms with E-state index in [2.05, 4.69) is 20.6 Å². The molecule has 20 heavy (non-hydrogen) atoms. The summed E-state index contributed by atoms with van der Waals surface area (Å²) in [4.78, 5) is 8.73. The first kappa shape index (κ1) is 13.6. The van der Waals surface area contributed by atoms with Crippen molar-refractivity contribution in [1.82, 2.24) is 15.3 Å². The summed E-state index contributed by atoms with van der Waals surface area (Å²) in [5, 5.41) is 7.75. The van der Waals surface area contributed by atoms with Crippen LogP contribution in [-0.2, 0) is 0 Å². The molecule has 2 N–H and O–H groups in total. The maximum atomic E-state index is 6.00. The Morgan fingerprint density at radius 2 is 1.95 bits per heavy atom. The van der Waals surface area contributed by atoms with Crippen LogP contribution >= 0.6 is 23.2 Å². The highest BCUT2D eigenvalue weighted by molar-refractivity contribution is 6.42. The molecule has 0 aliphatic carbocycles. The number of anilines is 1. The second kappa shape index (κ2) is 5.95. The van der Waals surface area contributed by atoms with Crippen LogP contribution in [0.5, 0.6) is 0 Å². The van der Waals surface area contributed by atoms with Crippen LogP contribution in [0.2, 0.25) is 10.0 Å². The van der Waals surface area contributed by atoms with Crippen LogP contribution in [0.1, 0.15) is 6.42 Å². The van der Waals surface area contributed by atoms with Gasteiger partial charge in [0, 0.05) is 18.2 Å². The molecule has 1 aromatic carbocycles. The van der Waals surface area contributed by atoms with E-state index < -0.39 is 0 Å². The summed E-state index contributed by atoms with van der Waals surface area (Å²) in [7, 11) is 0. The Kier molecular flexibility index (Phi) is 4.05. The minimum absolute atomic E-state index is 0.453. The van der Waals surface area contributed by atoms with Crippen LogP contribution in [0.25, 0.3) is 11.4 Å². The van der Waals surface area contributed by atoms with E-state index in [0.29, 0.717) is 21.9 Å². The summed E-state index contributed by atoms with van der Waals surface area (Å²) in [5.41, 5.74) is 1.79. The van der Waals surface area contributed by atoms with Gasteiger partial charge in [0.25, 0.3) is 0 Å².